The van der Waals surface area contributed by atoms with E-state index < -0.39 is 19.9 Å². The molecule has 0 bridgehead atoms. The molecule has 5 heteroatoms. The van der Waals surface area contributed by atoms with Crippen molar-refractivity contribution >= 4 is 0 Å². The van der Waals surface area contributed by atoms with Crippen molar-refractivity contribution in [3.8, 4) is 0 Å². The molecular formula is F2O2Ti. The van der Waals surface area contributed by atoms with Gasteiger partial charge in [0, 0.05) is 0 Å². The van der Waals surface area contributed by atoms with Gasteiger partial charge in [-0.1, -0.05) is 0 Å². The molecule has 0 rings (SSSR count). The van der Waals surface area contributed by atoms with E-state index in [-0.39, 0.29) is 0 Å². The van der Waals surface area contributed by atoms with Crippen LogP contribution in [0, 0.1) is 0 Å². The van der Waals surface area contributed by atoms with Crippen LogP contribution in [0.5, 0.6) is 0 Å². The molecule has 0 fully saturated rings. The fraction of sp³-hybridized carbons (Fsp3) is 0. The molecule has 0 spiro atoms. The van der Waals surface area contributed by atoms with Crippen molar-refractivity contribution in [2.45, 2.75) is 0 Å². The van der Waals surface area contributed by atoms with Crippen LogP contribution >= 0.6 is 0 Å². The standard InChI is InChI=1S/2FO.Ti/c2*1-2;/q2*-1;+2. The number of halogens is 2. The average molecular weight is 118 g/mol. The van der Waals surface area contributed by atoms with Gasteiger partial charge in [-0.3, -0.25) is 0 Å². The molecule has 0 heterocycles. The Morgan fingerprint density at radius 2 is 1.60 bits per heavy atom. The molecule has 0 atom stereocenters. The summed E-state index contributed by atoms with van der Waals surface area (Å²) in [4.78, 5) is 0. The molecule has 2 nitrogen and oxygen atoms in total. The van der Waals surface area contributed by atoms with Gasteiger partial charge in [0.1, 0.15) is 0 Å². The Labute approximate surface area is 36.7 Å². The number of hydrogen-bond acceptors (Lipinski definition) is 2. The molecule has 0 aromatic rings. The van der Waals surface area contributed by atoms with E-state index in [1.165, 1.54) is 0 Å². The average Bonchev–Trinajstić information content (AvgIpc) is 1.41. The quantitative estimate of drug-likeness (QED) is 0.496. The van der Waals surface area contributed by atoms with E-state index in [0.717, 1.165) is 0 Å². The zero-order chi connectivity index (χ0) is 4.12. The first-order chi connectivity index (χ1) is 2.41. The van der Waals surface area contributed by atoms with Gasteiger partial charge in [-0.2, -0.15) is 0 Å². The summed E-state index contributed by atoms with van der Waals surface area (Å²) in [5.74, 6) is 0. The first kappa shape index (κ1) is 5.49. The number of rotatable bonds is 2. The van der Waals surface area contributed by atoms with Crippen LogP contribution in [-0.4, -0.2) is 0 Å². The van der Waals surface area contributed by atoms with Crippen LogP contribution in [0.3, 0.4) is 0 Å². The topological polar surface area (TPSA) is 18.5 Å². The summed E-state index contributed by atoms with van der Waals surface area (Å²) in [6.45, 7) is 0. The van der Waals surface area contributed by atoms with Crippen LogP contribution < -0.4 is 0 Å². The third-order valence-electron chi connectivity index (χ3n) is 0.0630. The summed E-state index contributed by atoms with van der Waals surface area (Å²) >= 11 is -1.81. The Morgan fingerprint density at radius 3 is 1.60 bits per heavy atom. The SMILES string of the molecule is F[O][Ti][O]F. The van der Waals surface area contributed by atoms with Gasteiger partial charge in [0.2, 0.25) is 0 Å². The van der Waals surface area contributed by atoms with Crippen LogP contribution in [-0.2, 0) is 27.0 Å². The first-order valence-electron chi connectivity index (χ1n) is 0.717. The van der Waals surface area contributed by atoms with Crippen LogP contribution in [0.2, 0.25) is 0 Å². The van der Waals surface area contributed by atoms with Gasteiger partial charge in [-0.15, -0.1) is 0 Å². The predicted molar refractivity (Wildman–Crippen MR) is 4.39 cm³/mol. The van der Waals surface area contributed by atoms with Crippen molar-refractivity contribution < 1.29 is 36.0 Å². The van der Waals surface area contributed by atoms with E-state index in [1.807, 2.05) is 0 Å². The van der Waals surface area contributed by atoms with Crippen LogP contribution in [0.15, 0.2) is 0 Å². The Balaban J connectivity index is 2.19. The molecule has 30 valence electrons. The summed E-state index contributed by atoms with van der Waals surface area (Å²) in [6.07, 6.45) is 0. The van der Waals surface area contributed by atoms with Gasteiger partial charge in [0.25, 0.3) is 0 Å². The Kier molecular flexibility index (Phi) is 4.94. The summed E-state index contributed by atoms with van der Waals surface area (Å²) < 4.78 is 25.8. The second-order valence-electron chi connectivity index (χ2n) is 0.238. The number of hydrogen-bond donors (Lipinski definition) is 0. The zero-order valence-corrected chi connectivity index (χ0v) is 3.63. The van der Waals surface area contributed by atoms with Crippen molar-refractivity contribution in [3.05, 3.63) is 0 Å². The molecule has 0 aliphatic carbocycles. The molecule has 0 aliphatic rings. The molecular weight excluding hydrogens is 118 g/mol. The molecule has 0 aromatic carbocycles. The predicted octanol–water partition coefficient (Wildman–Crippen LogP) is 0.701. The van der Waals surface area contributed by atoms with Gasteiger partial charge in [0.05, 0.1) is 0 Å². The molecule has 5 heavy (non-hydrogen) atoms. The second-order valence-corrected chi connectivity index (χ2v) is 0.980. The van der Waals surface area contributed by atoms with E-state index in [4.69, 9.17) is 0 Å². The Hall–Kier alpha value is 0.494. The van der Waals surface area contributed by atoms with E-state index in [1.54, 1.807) is 0 Å². The molecule has 0 N–H and O–H groups in total. The normalized spacial score (nSPS) is 7.60. The molecule has 0 unspecified atom stereocenters. The summed E-state index contributed by atoms with van der Waals surface area (Å²) in [5.41, 5.74) is 0. The maximum atomic E-state index is 10.2. The van der Waals surface area contributed by atoms with E-state index in [2.05, 4.69) is 7.05 Å². The van der Waals surface area contributed by atoms with Gasteiger partial charge in [-0.25, -0.2) is 0 Å². The Bertz CT molecular complexity index is 15.1. The molecule has 0 radical (unpaired) electrons. The summed E-state index contributed by atoms with van der Waals surface area (Å²) in [6, 6.07) is 0. The zero-order valence-electron chi connectivity index (χ0n) is 2.07. The van der Waals surface area contributed by atoms with Crippen LogP contribution in [0.1, 0.15) is 0 Å². The van der Waals surface area contributed by atoms with Gasteiger partial charge in [-0.05, 0) is 0 Å². The van der Waals surface area contributed by atoms with E-state index in [9.17, 15) is 9.05 Å². The van der Waals surface area contributed by atoms with Crippen molar-refractivity contribution in [1.29, 1.82) is 0 Å². The molecule has 0 aromatic heterocycles. The first-order valence-corrected chi connectivity index (χ1v) is 1.99. The molecule has 0 aliphatic heterocycles. The van der Waals surface area contributed by atoms with E-state index in [0.29, 0.717) is 0 Å². The second kappa shape index (κ2) is 4.49. The molecule has 0 saturated heterocycles. The Morgan fingerprint density at radius 1 is 1.20 bits per heavy atom. The van der Waals surface area contributed by atoms with Crippen molar-refractivity contribution in [3.63, 3.8) is 0 Å². The third kappa shape index (κ3) is 4.49. The van der Waals surface area contributed by atoms with Crippen molar-refractivity contribution in [1.82, 2.24) is 0 Å². The summed E-state index contributed by atoms with van der Waals surface area (Å²) in [7, 11) is 0. The molecule has 0 amide bonds. The molecule has 0 saturated carbocycles. The fourth-order valence-corrected chi connectivity index (χ4v) is 0.0491. The van der Waals surface area contributed by atoms with Gasteiger partial charge in [0.15, 0.2) is 0 Å². The van der Waals surface area contributed by atoms with Gasteiger partial charge < -0.3 is 0 Å². The van der Waals surface area contributed by atoms with Crippen molar-refractivity contribution in [2.75, 3.05) is 0 Å². The minimum atomic E-state index is -1.81. The van der Waals surface area contributed by atoms with Crippen LogP contribution in [0.4, 0.5) is 9.05 Å². The minimum absolute atomic E-state index is 1.81. The summed E-state index contributed by atoms with van der Waals surface area (Å²) in [5, 5.41) is 0. The maximum absolute atomic E-state index is 10.2. The monoisotopic (exact) mass is 118 g/mol. The van der Waals surface area contributed by atoms with Crippen molar-refractivity contribution in [2.24, 2.45) is 0 Å². The van der Waals surface area contributed by atoms with Gasteiger partial charge >= 0.3 is 36.0 Å². The third-order valence-corrected chi connectivity index (χ3v) is 0.260. The van der Waals surface area contributed by atoms with Crippen LogP contribution in [0.25, 0.3) is 0 Å². The van der Waals surface area contributed by atoms with E-state index >= 15 is 0 Å². The fourth-order valence-electron chi connectivity index (χ4n) is 0.0119.